The minimum atomic E-state index is -0.416. The van der Waals surface area contributed by atoms with Gasteiger partial charge in [-0.15, -0.1) is 0 Å². The highest BCUT2D eigenvalue weighted by Gasteiger charge is 2.09. The molecule has 2 rings (SSSR count). The minimum absolute atomic E-state index is 0.416. The molecule has 0 bridgehead atoms. The molecule has 2 amide bonds. The average molecular weight is 406 g/mol. The van der Waals surface area contributed by atoms with E-state index >= 15 is 0 Å². The van der Waals surface area contributed by atoms with E-state index < -0.39 is 6.03 Å². The van der Waals surface area contributed by atoms with E-state index in [0.717, 1.165) is 21.3 Å². The summed E-state index contributed by atoms with van der Waals surface area (Å²) < 4.78 is 11.6. The molecule has 0 aromatic heterocycles. The van der Waals surface area contributed by atoms with Crippen LogP contribution in [0.4, 0.5) is 10.5 Å². The van der Waals surface area contributed by atoms with Crippen molar-refractivity contribution in [3.8, 4) is 11.5 Å². The number of carbonyl (C=O) groups excluding carboxylic acids is 1. The molecule has 2 aromatic rings. The molecule has 0 spiro atoms. The molecule has 7 heteroatoms. The number of anilines is 1. The lowest BCUT2D eigenvalue weighted by Gasteiger charge is -2.11. The van der Waals surface area contributed by atoms with E-state index in [1.54, 1.807) is 19.2 Å². The Bertz CT molecular complexity index is 778. The van der Waals surface area contributed by atoms with Gasteiger partial charge in [0.25, 0.3) is 0 Å². The van der Waals surface area contributed by atoms with Crippen molar-refractivity contribution in [2.45, 2.75) is 13.8 Å². The number of carbonyl (C=O) groups is 1. The van der Waals surface area contributed by atoms with Gasteiger partial charge in [0.05, 0.1) is 19.9 Å². The van der Waals surface area contributed by atoms with Gasteiger partial charge in [0.2, 0.25) is 0 Å². The second kappa shape index (κ2) is 9.08. The molecule has 2 aromatic carbocycles. The third-order valence-electron chi connectivity index (χ3n) is 3.35. The number of amides is 2. The number of hydrogen-bond donors (Lipinski definition) is 2. The van der Waals surface area contributed by atoms with Crippen LogP contribution >= 0.6 is 15.9 Å². The molecule has 0 saturated carbocycles. The van der Waals surface area contributed by atoms with Gasteiger partial charge in [-0.2, -0.15) is 5.10 Å². The van der Waals surface area contributed by atoms with Crippen LogP contribution in [0, 0.1) is 6.92 Å². The van der Waals surface area contributed by atoms with E-state index in [0.29, 0.717) is 18.1 Å². The lowest BCUT2D eigenvalue weighted by Crippen LogP contribution is -2.24. The maximum atomic E-state index is 11.9. The summed E-state index contributed by atoms with van der Waals surface area (Å²) in [6, 6.07) is 10.7. The molecule has 0 heterocycles. The number of ether oxygens (including phenoxy) is 2. The molecular formula is C18H20BrN3O3. The summed E-state index contributed by atoms with van der Waals surface area (Å²) in [6.07, 6.45) is 1.53. The highest BCUT2D eigenvalue weighted by atomic mass is 79.9. The molecule has 0 aliphatic carbocycles. The van der Waals surface area contributed by atoms with E-state index in [1.165, 1.54) is 6.21 Å². The number of nitrogens with one attached hydrogen (secondary N) is 2. The number of rotatable bonds is 6. The van der Waals surface area contributed by atoms with Crippen LogP contribution in [0.3, 0.4) is 0 Å². The SMILES string of the molecule is CCOc1cc(C=NNC(=O)Nc2ccccc2C)c(Br)cc1OC. The first-order valence-corrected chi connectivity index (χ1v) is 8.50. The Kier molecular flexibility index (Phi) is 6.82. The Hall–Kier alpha value is -2.54. The number of para-hydroxylation sites is 1. The van der Waals surface area contributed by atoms with E-state index in [-0.39, 0.29) is 0 Å². The molecule has 0 aliphatic rings. The van der Waals surface area contributed by atoms with Crippen LogP contribution in [-0.2, 0) is 0 Å². The van der Waals surface area contributed by atoms with Crippen molar-refractivity contribution in [3.05, 3.63) is 52.0 Å². The number of benzene rings is 2. The van der Waals surface area contributed by atoms with Crippen molar-refractivity contribution >= 4 is 33.9 Å². The predicted octanol–water partition coefficient (Wildman–Crippen LogP) is 4.32. The number of aryl methyl sites for hydroxylation is 1. The van der Waals surface area contributed by atoms with Crippen LogP contribution in [0.15, 0.2) is 46.0 Å². The Balaban J connectivity index is 2.05. The van der Waals surface area contributed by atoms with Crippen LogP contribution in [0.5, 0.6) is 11.5 Å². The topological polar surface area (TPSA) is 72.0 Å². The first kappa shape index (κ1) is 18.8. The molecule has 0 aliphatic heterocycles. The van der Waals surface area contributed by atoms with Gasteiger partial charge in [0.15, 0.2) is 11.5 Å². The Morgan fingerprint density at radius 2 is 2.04 bits per heavy atom. The first-order valence-electron chi connectivity index (χ1n) is 7.71. The Morgan fingerprint density at radius 1 is 1.28 bits per heavy atom. The Morgan fingerprint density at radius 3 is 2.72 bits per heavy atom. The fourth-order valence-corrected chi connectivity index (χ4v) is 2.53. The number of nitrogens with zero attached hydrogens (tertiary/aromatic N) is 1. The Labute approximate surface area is 155 Å². The minimum Gasteiger partial charge on any atom is -0.493 e. The van der Waals surface area contributed by atoms with Crippen molar-refractivity contribution < 1.29 is 14.3 Å². The van der Waals surface area contributed by atoms with Gasteiger partial charge in [0, 0.05) is 15.7 Å². The third-order valence-corrected chi connectivity index (χ3v) is 4.03. The molecule has 0 radical (unpaired) electrons. The van der Waals surface area contributed by atoms with Gasteiger partial charge in [-0.05, 0) is 53.5 Å². The molecule has 0 fully saturated rings. The maximum Gasteiger partial charge on any atom is 0.339 e. The summed E-state index contributed by atoms with van der Waals surface area (Å²) >= 11 is 3.45. The average Bonchev–Trinajstić information content (AvgIpc) is 2.59. The zero-order valence-electron chi connectivity index (χ0n) is 14.3. The van der Waals surface area contributed by atoms with Crippen LogP contribution in [-0.4, -0.2) is 26.0 Å². The largest absolute Gasteiger partial charge is 0.493 e. The van der Waals surface area contributed by atoms with E-state index in [1.807, 2.05) is 38.1 Å². The smallest absolute Gasteiger partial charge is 0.339 e. The van der Waals surface area contributed by atoms with Crippen LogP contribution in [0.1, 0.15) is 18.1 Å². The summed E-state index contributed by atoms with van der Waals surface area (Å²) in [7, 11) is 1.58. The van der Waals surface area contributed by atoms with Crippen molar-refractivity contribution in [3.63, 3.8) is 0 Å². The third kappa shape index (κ3) is 5.22. The number of hydrazone groups is 1. The summed E-state index contributed by atoms with van der Waals surface area (Å²) in [6.45, 7) is 4.33. The molecule has 2 N–H and O–H groups in total. The van der Waals surface area contributed by atoms with E-state index in [4.69, 9.17) is 9.47 Å². The van der Waals surface area contributed by atoms with Gasteiger partial charge < -0.3 is 14.8 Å². The molecule has 0 unspecified atom stereocenters. The normalized spacial score (nSPS) is 10.6. The fraction of sp³-hybridized carbons (Fsp3) is 0.222. The van der Waals surface area contributed by atoms with E-state index in [9.17, 15) is 4.79 Å². The molecule has 132 valence electrons. The molecular weight excluding hydrogens is 386 g/mol. The number of hydrogen-bond acceptors (Lipinski definition) is 4. The second-order valence-electron chi connectivity index (χ2n) is 5.10. The quantitative estimate of drug-likeness (QED) is 0.555. The standard InChI is InChI=1S/C18H20BrN3O3/c1-4-25-17-9-13(14(19)10-16(17)24-3)11-20-22-18(23)21-15-8-6-5-7-12(15)2/h5-11H,4H2,1-3H3,(H2,21,22,23). The lowest BCUT2D eigenvalue weighted by atomic mass is 10.2. The molecule has 0 atom stereocenters. The van der Waals surface area contributed by atoms with Crippen molar-refractivity contribution in [2.75, 3.05) is 19.0 Å². The van der Waals surface area contributed by atoms with Gasteiger partial charge in [-0.25, -0.2) is 10.2 Å². The van der Waals surface area contributed by atoms with Gasteiger partial charge in [0.1, 0.15) is 0 Å². The van der Waals surface area contributed by atoms with Gasteiger partial charge in [-0.3, -0.25) is 0 Å². The summed E-state index contributed by atoms with van der Waals surface area (Å²) in [5.74, 6) is 1.23. The highest BCUT2D eigenvalue weighted by Crippen LogP contribution is 2.32. The van der Waals surface area contributed by atoms with Gasteiger partial charge >= 0.3 is 6.03 Å². The number of urea groups is 1. The summed E-state index contributed by atoms with van der Waals surface area (Å²) in [4.78, 5) is 11.9. The number of halogens is 1. The van der Waals surface area contributed by atoms with Crippen LogP contribution in [0.25, 0.3) is 0 Å². The highest BCUT2D eigenvalue weighted by molar-refractivity contribution is 9.10. The molecule has 25 heavy (non-hydrogen) atoms. The van der Waals surface area contributed by atoms with Crippen molar-refractivity contribution in [1.82, 2.24) is 5.43 Å². The monoisotopic (exact) mass is 405 g/mol. The van der Waals surface area contributed by atoms with Crippen molar-refractivity contribution in [1.29, 1.82) is 0 Å². The van der Waals surface area contributed by atoms with Crippen LogP contribution < -0.4 is 20.2 Å². The number of methoxy groups -OCH3 is 1. The van der Waals surface area contributed by atoms with Gasteiger partial charge in [-0.1, -0.05) is 18.2 Å². The molecule has 6 nitrogen and oxygen atoms in total. The molecule has 0 saturated heterocycles. The van der Waals surface area contributed by atoms with Crippen molar-refractivity contribution in [2.24, 2.45) is 5.10 Å². The van der Waals surface area contributed by atoms with E-state index in [2.05, 4.69) is 31.8 Å². The predicted molar refractivity (Wildman–Crippen MR) is 103 cm³/mol. The van der Waals surface area contributed by atoms with Crippen LogP contribution in [0.2, 0.25) is 0 Å². The zero-order valence-corrected chi connectivity index (χ0v) is 15.9. The second-order valence-corrected chi connectivity index (χ2v) is 5.95. The lowest BCUT2D eigenvalue weighted by molar-refractivity contribution is 0.252. The summed E-state index contributed by atoms with van der Waals surface area (Å²) in [5.41, 5.74) is 4.90. The fourth-order valence-electron chi connectivity index (χ4n) is 2.10. The summed E-state index contributed by atoms with van der Waals surface area (Å²) in [5, 5.41) is 6.71. The first-order chi connectivity index (χ1) is 12.0. The zero-order chi connectivity index (χ0) is 18.2. The maximum absolute atomic E-state index is 11.9.